The van der Waals surface area contributed by atoms with Crippen LogP contribution >= 0.6 is 7.37 Å². The monoisotopic (exact) mass is 199 g/mol. The Labute approximate surface area is 76.0 Å². The largest absolute Gasteiger partial charge is 0.411 e. The first-order valence-electron chi connectivity index (χ1n) is 3.62. The Bertz CT molecular complexity index is 352. The van der Waals surface area contributed by atoms with Crippen LogP contribution in [0.1, 0.15) is 5.56 Å². The molecule has 1 atom stereocenters. The molecule has 0 aliphatic rings. The molecule has 0 saturated heterocycles. The molecule has 1 unspecified atom stereocenters. The van der Waals surface area contributed by atoms with Gasteiger partial charge in [-0.25, -0.2) is 0 Å². The first kappa shape index (κ1) is 9.96. The van der Waals surface area contributed by atoms with Crippen molar-refractivity contribution in [2.75, 3.05) is 6.66 Å². The van der Waals surface area contributed by atoms with Crippen molar-refractivity contribution in [2.24, 2.45) is 5.16 Å². The number of hydrogen-bond donors (Lipinski definition) is 2. The van der Waals surface area contributed by atoms with Gasteiger partial charge in [-0.15, -0.1) is 0 Å². The van der Waals surface area contributed by atoms with Crippen molar-refractivity contribution in [3.63, 3.8) is 0 Å². The fraction of sp³-hybridized carbons (Fsp3) is 0.125. The fourth-order valence-electron chi connectivity index (χ4n) is 0.904. The van der Waals surface area contributed by atoms with Gasteiger partial charge in [-0.2, -0.15) is 0 Å². The van der Waals surface area contributed by atoms with Crippen LogP contribution < -0.4 is 5.30 Å². The van der Waals surface area contributed by atoms with Crippen molar-refractivity contribution in [3.05, 3.63) is 29.8 Å². The molecular weight excluding hydrogens is 189 g/mol. The minimum atomic E-state index is -3.16. The maximum atomic E-state index is 11.2. The molecule has 5 heteroatoms. The van der Waals surface area contributed by atoms with E-state index in [0.717, 1.165) is 0 Å². The molecule has 0 radical (unpaired) electrons. The van der Waals surface area contributed by atoms with Crippen LogP contribution in [0.3, 0.4) is 0 Å². The van der Waals surface area contributed by atoms with Crippen LogP contribution in [0.2, 0.25) is 0 Å². The van der Waals surface area contributed by atoms with Crippen LogP contribution in [0, 0.1) is 0 Å². The minimum absolute atomic E-state index is 0.391. The molecule has 0 fully saturated rings. The van der Waals surface area contributed by atoms with Crippen molar-refractivity contribution >= 4 is 18.9 Å². The van der Waals surface area contributed by atoms with Crippen LogP contribution in [0.25, 0.3) is 0 Å². The Kier molecular flexibility index (Phi) is 2.86. The van der Waals surface area contributed by atoms with Gasteiger partial charge >= 0.3 is 0 Å². The highest BCUT2D eigenvalue weighted by atomic mass is 31.2. The quantitative estimate of drug-likeness (QED) is 0.323. The van der Waals surface area contributed by atoms with Gasteiger partial charge in [0.15, 0.2) is 0 Å². The average Bonchev–Trinajstić information content (AvgIpc) is 2.04. The second-order valence-electron chi connectivity index (χ2n) is 2.72. The molecule has 1 rings (SSSR count). The van der Waals surface area contributed by atoms with Crippen LogP contribution in [0.4, 0.5) is 0 Å². The maximum Gasteiger partial charge on any atom is 0.226 e. The molecule has 1 aromatic carbocycles. The Hall–Kier alpha value is -1.12. The summed E-state index contributed by atoms with van der Waals surface area (Å²) in [7, 11) is -3.16. The Morgan fingerprint density at radius 2 is 1.92 bits per heavy atom. The SMILES string of the molecule is CP(=O)(O)c1ccc(/C=N\O)cc1. The summed E-state index contributed by atoms with van der Waals surface area (Å²) >= 11 is 0. The van der Waals surface area contributed by atoms with Gasteiger partial charge in [-0.3, -0.25) is 4.57 Å². The van der Waals surface area contributed by atoms with Gasteiger partial charge < -0.3 is 10.1 Å². The lowest BCUT2D eigenvalue weighted by molar-refractivity contribution is 0.322. The predicted octanol–water partition coefficient (Wildman–Crippen LogP) is 1.02. The summed E-state index contributed by atoms with van der Waals surface area (Å²) in [4.78, 5) is 9.18. The van der Waals surface area contributed by atoms with Gasteiger partial charge in [0.25, 0.3) is 0 Å². The third-order valence-corrected chi connectivity index (χ3v) is 2.84. The number of nitrogens with zero attached hydrogens (tertiary/aromatic N) is 1. The zero-order valence-electron chi connectivity index (χ0n) is 7.08. The summed E-state index contributed by atoms with van der Waals surface area (Å²) in [5.74, 6) is 0. The highest BCUT2D eigenvalue weighted by Gasteiger charge is 2.12. The van der Waals surface area contributed by atoms with E-state index in [1.807, 2.05) is 0 Å². The molecule has 13 heavy (non-hydrogen) atoms. The molecule has 70 valence electrons. The van der Waals surface area contributed by atoms with E-state index in [1.54, 1.807) is 12.1 Å². The van der Waals surface area contributed by atoms with Crippen LogP contribution in [0.15, 0.2) is 29.4 Å². The first-order valence-corrected chi connectivity index (χ1v) is 5.73. The second kappa shape index (κ2) is 3.73. The van der Waals surface area contributed by atoms with Crippen molar-refractivity contribution in [1.29, 1.82) is 0 Å². The lowest BCUT2D eigenvalue weighted by Crippen LogP contribution is -2.02. The van der Waals surface area contributed by atoms with E-state index in [9.17, 15) is 9.46 Å². The number of rotatable bonds is 2. The maximum absolute atomic E-state index is 11.2. The van der Waals surface area contributed by atoms with E-state index < -0.39 is 7.37 Å². The summed E-state index contributed by atoms with van der Waals surface area (Å²) in [6, 6.07) is 6.30. The van der Waals surface area contributed by atoms with Gasteiger partial charge in [-0.05, 0) is 17.7 Å². The third-order valence-electron chi connectivity index (χ3n) is 1.58. The molecule has 0 saturated carbocycles. The summed E-state index contributed by atoms with van der Waals surface area (Å²) in [5, 5.41) is 11.4. The van der Waals surface area contributed by atoms with Gasteiger partial charge in [0.2, 0.25) is 7.37 Å². The minimum Gasteiger partial charge on any atom is -0.411 e. The van der Waals surface area contributed by atoms with Gasteiger partial charge in [0, 0.05) is 12.0 Å². The number of oxime groups is 1. The normalized spacial score (nSPS) is 15.8. The lowest BCUT2D eigenvalue weighted by atomic mass is 10.2. The van der Waals surface area contributed by atoms with E-state index in [0.29, 0.717) is 10.9 Å². The molecule has 4 nitrogen and oxygen atoms in total. The highest BCUT2D eigenvalue weighted by Crippen LogP contribution is 2.33. The summed E-state index contributed by atoms with van der Waals surface area (Å²) in [5.41, 5.74) is 0.680. The average molecular weight is 199 g/mol. The van der Waals surface area contributed by atoms with Crippen LogP contribution in [-0.4, -0.2) is 23.0 Å². The first-order chi connectivity index (χ1) is 6.04. The van der Waals surface area contributed by atoms with Crippen molar-refractivity contribution < 1.29 is 14.7 Å². The lowest BCUT2D eigenvalue weighted by Gasteiger charge is -2.04. The number of hydrogen-bond acceptors (Lipinski definition) is 3. The van der Waals surface area contributed by atoms with E-state index in [2.05, 4.69) is 5.16 Å². The molecule has 0 aromatic heterocycles. The van der Waals surface area contributed by atoms with Crippen molar-refractivity contribution in [2.45, 2.75) is 0 Å². The molecule has 0 heterocycles. The topological polar surface area (TPSA) is 69.9 Å². The summed E-state index contributed by atoms with van der Waals surface area (Å²) in [6.45, 7) is 1.28. The van der Waals surface area contributed by atoms with E-state index in [1.165, 1.54) is 25.0 Å². The molecular formula is C8H10NO3P. The summed E-state index contributed by atoms with van der Waals surface area (Å²) in [6.07, 6.45) is 1.25. The highest BCUT2D eigenvalue weighted by molar-refractivity contribution is 7.65. The Morgan fingerprint density at radius 3 is 2.31 bits per heavy atom. The molecule has 0 bridgehead atoms. The zero-order chi connectivity index (χ0) is 9.90. The summed E-state index contributed by atoms with van der Waals surface area (Å²) < 4.78 is 11.2. The Balaban J connectivity index is 3.01. The molecule has 0 aliphatic carbocycles. The standard InChI is InChI=1S/C8H10NO3P/c1-13(11,12)8-4-2-7(3-5-8)6-9-10/h2-6,10H,1H3,(H,11,12)/b9-6-. The van der Waals surface area contributed by atoms with Crippen molar-refractivity contribution in [3.8, 4) is 0 Å². The smallest absolute Gasteiger partial charge is 0.226 e. The molecule has 1 aromatic rings. The predicted molar refractivity (Wildman–Crippen MR) is 51.2 cm³/mol. The fourth-order valence-corrected chi connectivity index (χ4v) is 1.61. The van der Waals surface area contributed by atoms with Crippen LogP contribution in [-0.2, 0) is 4.57 Å². The van der Waals surface area contributed by atoms with Gasteiger partial charge in [0.1, 0.15) is 0 Å². The van der Waals surface area contributed by atoms with Gasteiger partial charge in [0.05, 0.1) is 6.21 Å². The zero-order valence-corrected chi connectivity index (χ0v) is 7.98. The van der Waals surface area contributed by atoms with E-state index in [-0.39, 0.29) is 0 Å². The number of benzene rings is 1. The molecule has 2 N–H and O–H groups in total. The second-order valence-corrected chi connectivity index (χ2v) is 4.99. The van der Waals surface area contributed by atoms with Crippen LogP contribution in [0.5, 0.6) is 0 Å². The Morgan fingerprint density at radius 1 is 1.38 bits per heavy atom. The molecule has 0 spiro atoms. The molecule has 0 aliphatic heterocycles. The molecule has 0 amide bonds. The third kappa shape index (κ3) is 2.68. The van der Waals surface area contributed by atoms with Crippen molar-refractivity contribution in [1.82, 2.24) is 0 Å². The van der Waals surface area contributed by atoms with E-state index >= 15 is 0 Å². The van der Waals surface area contributed by atoms with E-state index in [4.69, 9.17) is 5.21 Å². The van der Waals surface area contributed by atoms with Gasteiger partial charge in [-0.1, -0.05) is 17.3 Å².